The molecule has 0 bridgehead atoms. The molecular formula is C23H32N3O3S+. The Kier molecular flexibility index (Phi) is 6.95. The van der Waals surface area contributed by atoms with Gasteiger partial charge in [-0.25, -0.2) is 8.42 Å². The van der Waals surface area contributed by atoms with E-state index in [9.17, 15) is 13.2 Å². The predicted molar refractivity (Wildman–Crippen MR) is 119 cm³/mol. The molecule has 1 heterocycles. The number of hydrogen-bond acceptors (Lipinski definition) is 3. The Morgan fingerprint density at radius 2 is 1.77 bits per heavy atom. The molecule has 0 spiro atoms. The molecule has 0 aliphatic carbocycles. The van der Waals surface area contributed by atoms with Gasteiger partial charge in [0.1, 0.15) is 6.04 Å². The van der Waals surface area contributed by atoms with Crippen LogP contribution in [-0.2, 0) is 21.2 Å². The molecule has 7 heteroatoms. The Morgan fingerprint density at radius 3 is 2.40 bits per heavy atom. The SMILES string of the molecule is CCN(CC)S(=O)(=O)c1ccc([C@H](C)[NH2+]CC(=O)N2c3ccccc3C[C@H]2C)cc1. The maximum atomic E-state index is 12.9. The van der Waals surface area contributed by atoms with Crippen molar-refractivity contribution in [2.24, 2.45) is 0 Å². The molecule has 2 N–H and O–H groups in total. The molecule has 0 unspecified atom stereocenters. The first-order valence-electron chi connectivity index (χ1n) is 10.6. The maximum Gasteiger partial charge on any atom is 0.282 e. The predicted octanol–water partition coefficient (Wildman–Crippen LogP) is 2.32. The molecule has 1 aliphatic rings. The number of nitrogens with zero attached hydrogens (tertiary/aromatic N) is 2. The van der Waals surface area contributed by atoms with Gasteiger partial charge >= 0.3 is 0 Å². The van der Waals surface area contributed by atoms with Crippen LogP contribution in [0.1, 0.15) is 44.9 Å². The van der Waals surface area contributed by atoms with Gasteiger partial charge in [-0.2, -0.15) is 4.31 Å². The summed E-state index contributed by atoms with van der Waals surface area (Å²) in [4.78, 5) is 15.1. The highest BCUT2D eigenvalue weighted by molar-refractivity contribution is 7.89. The van der Waals surface area contributed by atoms with E-state index in [4.69, 9.17) is 0 Å². The van der Waals surface area contributed by atoms with Gasteiger partial charge in [-0.1, -0.05) is 44.2 Å². The van der Waals surface area contributed by atoms with Crippen LogP contribution in [0.2, 0.25) is 0 Å². The van der Waals surface area contributed by atoms with Gasteiger partial charge in [0.05, 0.1) is 4.90 Å². The molecule has 0 radical (unpaired) electrons. The van der Waals surface area contributed by atoms with E-state index in [1.807, 2.05) is 61.3 Å². The van der Waals surface area contributed by atoms with Crippen molar-refractivity contribution in [3.05, 3.63) is 59.7 Å². The Hall–Kier alpha value is -2.22. The number of fused-ring (bicyclic) bond motifs is 1. The van der Waals surface area contributed by atoms with E-state index in [2.05, 4.69) is 13.0 Å². The summed E-state index contributed by atoms with van der Waals surface area (Å²) in [6.07, 6.45) is 0.889. The number of amides is 1. The molecule has 162 valence electrons. The summed E-state index contributed by atoms with van der Waals surface area (Å²) in [6, 6.07) is 15.3. The number of quaternary nitrogens is 1. The summed E-state index contributed by atoms with van der Waals surface area (Å²) in [5.74, 6) is 0.0973. The molecule has 0 saturated heterocycles. The molecule has 0 aromatic heterocycles. The van der Waals surface area contributed by atoms with Gasteiger partial charge in [-0.05, 0) is 44.0 Å². The van der Waals surface area contributed by atoms with Crippen LogP contribution in [0.5, 0.6) is 0 Å². The molecule has 30 heavy (non-hydrogen) atoms. The average molecular weight is 431 g/mol. The van der Waals surface area contributed by atoms with E-state index in [1.165, 1.54) is 9.87 Å². The van der Waals surface area contributed by atoms with Crippen molar-refractivity contribution in [2.45, 2.75) is 51.1 Å². The minimum absolute atomic E-state index is 0.0484. The number of carbonyl (C=O) groups is 1. The molecule has 1 aliphatic heterocycles. The van der Waals surface area contributed by atoms with E-state index in [0.29, 0.717) is 24.5 Å². The zero-order valence-corrected chi connectivity index (χ0v) is 19.0. The van der Waals surface area contributed by atoms with E-state index in [-0.39, 0.29) is 18.0 Å². The topological polar surface area (TPSA) is 74.3 Å². The first-order chi connectivity index (χ1) is 14.3. The third-order valence-corrected chi connectivity index (χ3v) is 7.94. The lowest BCUT2D eigenvalue weighted by atomic mass is 10.1. The van der Waals surface area contributed by atoms with Gasteiger partial charge in [-0.15, -0.1) is 0 Å². The minimum atomic E-state index is -3.45. The van der Waals surface area contributed by atoms with Crippen LogP contribution in [0.4, 0.5) is 5.69 Å². The second-order valence-corrected chi connectivity index (χ2v) is 9.77. The van der Waals surface area contributed by atoms with Crippen LogP contribution in [0.25, 0.3) is 0 Å². The lowest BCUT2D eigenvalue weighted by Crippen LogP contribution is -2.87. The summed E-state index contributed by atoms with van der Waals surface area (Å²) < 4.78 is 26.7. The number of nitrogens with two attached hydrogens (primary N) is 1. The summed E-state index contributed by atoms with van der Waals surface area (Å²) in [5.41, 5.74) is 3.23. The summed E-state index contributed by atoms with van der Waals surface area (Å²) >= 11 is 0. The Labute approximate surface area is 179 Å². The molecule has 0 saturated carbocycles. The molecule has 0 fully saturated rings. The van der Waals surface area contributed by atoms with E-state index in [0.717, 1.165) is 17.7 Å². The Bertz CT molecular complexity index is 985. The monoisotopic (exact) mass is 430 g/mol. The first kappa shape index (κ1) is 22.5. The fourth-order valence-electron chi connectivity index (χ4n) is 4.11. The second kappa shape index (κ2) is 9.29. The lowest BCUT2D eigenvalue weighted by molar-refractivity contribution is -0.682. The standard InChI is InChI=1S/C23H31N3O3S/c1-5-25(6-2)30(28,29)21-13-11-19(12-14-21)18(4)24-16-23(27)26-17(3)15-20-9-7-8-10-22(20)26/h7-14,17-18,24H,5-6,15-16H2,1-4H3/p+1/t17-,18+/m1/s1. The summed E-state index contributed by atoms with van der Waals surface area (Å²) in [6.45, 7) is 9.03. The van der Waals surface area contributed by atoms with Gasteiger partial charge < -0.3 is 10.2 Å². The van der Waals surface area contributed by atoms with Crippen molar-refractivity contribution in [3.63, 3.8) is 0 Å². The largest absolute Gasteiger partial charge is 0.333 e. The molecule has 2 aromatic rings. The smallest absolute Gasteiger partial charge is 0.282 e. The number of rotatable bonds is 8. The first-order valence-corrected chi connectivity index (χ1v) is 12.1. The van der Waals surface area contributed by atoms with Crippen LogP contribution in [0, 0.1) is 0 Å². The van der Waals surface area contributed by atoms with Crippen LogP contribution < -0.4 is 10.2 Å². The zero-order chi connectivity index (χ0) is 21.9. The molecule has 1 amide bonds. The zero-order valence-electron chi connectivity index (χ0n) is 18.2. The lowest BCUT2D eigenvalue weighted by Gasteiger charge is -2.23. The van der Waals surface area contributed by atoms with Crippen molar-refractivity contribution in [1.82, 2.24) is 4.31 Å². The van der Waals surface area contributed by atoms with Gasteiger partial charge in [0.2, 0.25) is 10.0 Å². The number of sulfonamides is 1. The minimum Gasteiger partial charge on any atom is -0.333 e. The van der Waals surface area contributed by atoms with Gasteiger partial charge in [0.25, 0.3) is 5.91 Å². The molecule has 6 nitrogen and oxygen atoms in total. The normalized spacial score (nSPS) is 17.2. The number of hydrogen-bond donors (Lipinski definition) is 1. The number of para-hydroxylation sites is 1. The highest BCUT2D eigenvalue weighted by Crippen LogP contribution is 2.31. The van der Waals surface area contributed by atoms with Gasteiger partial charge in [0, 0.05) is 30.4 Å². The van der Waals surface area contributed by atoms with Crippen LogP contribution in [0.15, 0.2) is 53.4 Å². The Morgan fingerprint density at radius 1 is 1.13 bits per heavy atom. The van der Waals surface area contributed by atoms with Gasteiger partial charge in [-0.3, -0.25) is 4.79 Å². The molecule has 3 rings (SSSR count). The fourth-order valence-corrected chi connectivity index (χ4v) is 5.57. The van der Waals surface area contributed by atoms with Crippen LogP contribution in [0.3, 0.4) is 0 Å². The summed E-state index contributed by atoms with van der Waals surface area (Å²) in [7, 11) is -3.45. The third kappa shape index (κ3) is 4.43. The fraction of sp³-hybridized carbons (Fsp3) is 0.435. The summed E-state index contributed by atoms with van der Waals surface area (Å²) in [5, 5.41) is 2.00. The highest BCUT2D eigenvalue weighted by atomic mass is 32.2. The second-order valence-electron chi connectivity index (χ2n) is 7.83. The van der Waals surface area contributed by atoms with Crippen LogP contribution in [-0.4, -0.2) is 44.3 Å². The van der Waals surface area contributed by atoms with Crippen molar-refractivity contribution < 1.29 is 18.5 Å². The average Bonchev–Trinajstić information content (AvgIpc) is 3.08. The van der Waals surface area contributed by atoms with Crippen molar-refractivity contribution >= 4 is 21.6 Å². The van der Waals surface area contributed by atoms with Crippen LogP contribution >= 0.6 is 0 Å². The molecule has 2 aromatic carbocycles. The molecular weight excluding hydrogens is 398 g/mol. The third-order valence-electron chi connectivity index (χ3n) is 5.87. The van der Waals surface area contributed by atoms with Crippen molar-refractivity contribution in [2.75, 3.05) is 24.5 Å². The van der Waals surface area contributed by atoms with Crippen molar-refractivity contribution in [1.29, 1.82) is 0 Å². The number of anilines is 1. The quantitative estimate of drug-likeness (QED) is 0.698. The van der Waals surface area contributed by atoms with E-state index < -0.39 is 10.0 Å². The van der Waals surface area contributed by atoms with E-state index in [1.54, 1.807) is 12.1 Å². The van der Waals surface area contributed by atoms with Crippen molar-refractivity contribution in [3.8, 4) is 0 Å². The number of benzene rings is 2. The maximum absolute atomic E-state index is 12.9. The molecule has 2 atom stereocenters. The van der Waals surface area contributed by atoms with Gasteiger partial charge in [0.15, 0.2) is 6.54 Å². The number of carbonyl (C=O) groups excluding carboxylic acids is 1. The Balaban J connectivity index is 1.64. The highest BCUT2D eigenvalue weighted by Gasteiger charge is 2.31. The van der Waals surface area contributed by atoms with E-state index >= 15 is 0 Å².